The summed E-state index contributed by atoms with van der Waals surface area (Å²) in [6, 6.07) is 26.2. The highest BCUT2D eigenvalue weighted by Crippen LogP contribution is 2.32. The number of carbonyl (C=O) groups excluding carboxylic acids is 1. The van der Waals surface area contributed by atoms with Crippen LogP contribution in [0.1, 0.15) is 11.4 Å². The third-order valence-electron chi connectivity index (χ3n) is 5.26. The second-order valence-corrected chi connectivity index (χ2v) is 11.9. The summed E-state index contributed by atoms with van der Waals surface area (Å²) in [4.78, 5) is 18.5. The monoisotopic (exact) mass is 549 g/mol. The Bertz CT molecular complexity index is 1430. The van der Waals surface area contributed by atoms with Crippen molar-refractivity contribution in [3.8, 4) is 0 Å². The highest BCUT2D eigenvalue weighted by Gasteiger charge is 2.16. The smallest absolute Gasteiger partial charge is 0.234 e. The standard InChI is InChI=1S/C26H23N5OS4/c1-33-20-11-7-10-19(14-20)27-24(32)17-34-25-30-29-23(31(25)15-18-8-3-2-4-9-18)16-35-26-28-21-12-5-6-13-22(21)36-26/h2-14H,15-17H2,1H3,(H,27,32). The number of carbonyl (C=O) groups is 1. The van der Waals surface area contributed by atoms with E-state index in [4.69, 9.17) is 4.98 Å². The Morgan fingerprint density at radius 3 is 2.64 bits per heavy atom. The highest BCUT2D eigenvalue weighted by molar-refractivity contribution is 8.00. The Labute approximate surface area is 226 Å². The van der Waals surface area contributed by atoms with E-state index in [1.54, 1.807) is 34.9 Å². The Kier molecular flexibility index (Phi) is 8.27. The number of nitrogens with one attached hydrogen (secondary N) is 1. The molecule has 0 spiro atoms. The number of thiazole rings is 1. The second kappa shape index (κ2) is 12.0. The van der Waals surface area contributed by atoms with Crippen molar-refractivity contribution in [3.63, 3.8) is 0 Å². The van der Waals surface area contributed by atoms with Gasteiger partial charge in [0.2, 0.25) is 5.91 Å². The predicted octanol–water partition coefficient (Wildman–Crippen LogP) is 6.68. The lowest BCUT2D eigenvalue weighted by molar-refractivity contribution is -0.113. The zero-order valence-electron chi connectivity index (χ0n) is 19.5. The summed E-state index contributed by atoms with van der Waals surface area (Å²) in [6.45, 7) is 0.642. The number of para-hydroxylation sites is 1. The highest BCUT2D eigenvalue weighted by atomic mass is 32.2. The fourth-order valence-corrected chi connectivity index (χ4v) is 6.75. The van der Waals surface area contributed by atoms with Crippen LogP contribution in [0.4, 0.5) is 5.69 Å². The lowest BCUT2D eigenvalue weighted by Gasteiger charge is -2.10. The van der Waals surface area contributed by atoms with Crippen molar-refractivity contribution >= 4 is 68.4 Å². The molecule has 2 aromatic heterocycles. The van der Waals surface area contributed by atoms with Crippen LogP contribution in [-0.4, -0.2) is 37.7 Å². The number of hydrogen-bond acceptors (Lipinski definition) is 8. The molecule has 0 atom stereocenters. The van der Waals surface area contributed by atoms with Gasteiger partial charge in [-0.25, -0.2) is 4.98 Å². The minimum atomic E-state index is -0.0714. The quantitative estimate of drug-likeness (QED) is 0.195. The van der Waals surface area contributed by atoms with Gasteiger partial charge in [0.15, 0.2) is 9.50 Å². The second-order valence-electron chi connectivity index (χ2n) is 7.78. The van der Waals surface area contributed by atoms with Gasteiger partial charge in [-0.05, 0) is 42.2 Å². The maximum atomic E-state index is 12.7. The number of nitrogens with zero attached hydrogens (tertiary/aromatic N) is 4. The number of anilines is 1. The fraction of sp³-hybridized carbons (Fsp3) is 0.154. The van der Waals surface area contributed by atoms with Crippen LogP contribution >= 0.6 is 46.6 Å². The first-order chi connectivity index (χ1) is 17.7. The number of aromatic nitrogens is 4. The molecule has 0 saturated heterocycles. The van der Waals surface area contributed by atoms with E-state index in [1.807, 2.05) is 66.9 Å². The molecule has 3 aromatic carbocycles. The molecule has 0 aliphatic heterocycles. The van der Waals surface area contributed by atoms with Crippen LogP contribution in [0.25, 0.3) is 10.2 Å². The number of thioether (sulfide) groups is 3. The largest absolute Gasteiger partial charge is 0.325 e. The van der Waals surface area contributed by atoms with Gasteiger partial charge in [0.1, 0.15) is 5.82 Å². The summed E-state index contributed by atoms with van der Waals surface area (Å²) >= 11 is 6.39. The molecule has 2 heterocycles. The van der Waals surface area contributed by atoms with Gasteiger partial charge in [0, 0.05) is 10.6 Å². The zero-order valence-corrected chi connectivity index (χ0v) is 22.7. The Balaban J connectivity index is 1.29. The summed E-state index contributed by atoms with van der Waals surface area (Å²) in [5, 5.41) is 12.6. The maximum Gasteiger partial charge on any atom is 0.234 e. The van der Waals surface area contributed by atoms with Crippen molar-refractivity contribution in [3.05, 3.63) is 90.3 Å². The third-order valence-corrected chi connectivity index (χ3v) is 9.13. The van der Waals surface area contributed by atoms with Gasteiger partial charge in [0.25, 0.3) is 0 Å². The van der Waals surface area contributed by atoms with E-state index in [1.165, 1.54) is 16.5 Å². The zero-order chi connectivity index (χ0) is 24.7. The molecule has 0 radical (unpaired) electrons. The number of benzene rings is 3. The van der Waals surface area contributed by atoms with Gasteiger partial charge in [-0.3, -0.25) is 4.79 Å². The molecular formula is C26H23N5OS4. The molecule has 36 heavy (non-hydrogen) atoms. The van der Waals surface area contributed by atoms with Crippen molar-refractivity contribution in [2.45, 2.75) is 26.7 Å². The number of fused-ring (bicyclic) bond motifs is 1. The molecule has 6 nitrogen and oxygen atoms in total. The molecular weight excluding hydrogens is 527 g/mol. The van der Waals surface area contributed by atoms with Gasteiger partial charge in [-0.2, -0.15) is 0 Å². The van der Waals surface area contributed by atoms with E-state index in [2.05, 4.69) is 38.3 Å². The molecule has 10 heteroatoms. The van der Waals surface area contributed by atoms with Gasteiger partial charge < -0.3 is 9.88 Å². The molecule has 0 aliphatic carbocycles. The SMILES string of the molecule is CSc1cccc(NC(=O)CSc2nnc(CSc3nc4ccccc4s3)n2Cc2ccccc2)c1. The molecule has 0 unspecified atom stereocenters. The van der Waals surface area contributed by atoms with Crippen molar-refractivity contribution in [1.82, 2.24) is 19.7 Å². The predicted molar refractivity (Wildman–Crippen MR) is 152 cm³/mol. The fourth-order valence-electron chi connectivity index (χ4n) is 3.52. The molecule has 1 amide bonds. The lowest BCUT2D eigenvalue weighted by Crippen LogP contribution is -2.15. The first kappa shape index (κ1) is 24.9. The number of rotatable bonds is 10. The van der Waals surface area contributed by atoms with Gasteiger partial charge in [0.05, 0.1) is 28.3 Å². The van der Waals surface area contributed by atoms with E-state index in [0.29, 0.717) is 12.3 Å². The average molecular weight is 550 g/mol. The summed E-state index contributed by atoms with van der Waals surface area (Å²) in [5.41, 5.74) is 2.97. The van der Waals surface area contributed by atoms with Crippen molar-refractivity contribution in [1.29, 1.82) is 0 Å². The van der Waals surface area contributed by atoms with Crippen LogP contribution in [0.15, 0.2) is 93.3 Å². The Hall–Kier alpha value is -2.79. The summed E-state index contributed by atoms with van der Waals surface area (Å²) < 4.78 is 4.28. The normalized spacial score (nSPS) is 11.1. The van der Waals surface area contributed by atoms with E-state index < -0.39 is 0 Å². The molecule has 5 aromatic rings. The summed E-state index contributed by atoms with van der Waals surface area (Å²) in [6.07, 6.45) is 2.02. The van der Waals surface area contributed by atoms with Crippen LogP contribution in [-0.2, 0) is 17.1 Å². The van der Waals surface area contributed by atoms with Gasteiger partial charge in [-0.15, -0.1) is 33.3 Å². The van der Waals surface area contributed by atoms with Crippen LogP contribution in [0, 0.1) is 0 Å². The summed E-state index contributed by atoms with van der Waals surface area (Å²) in [5.74, 6) is 1.69. The average Bonchev–Trinajstić information content (AvgIpc) is 3.50. The van der Waals surface area contributed by atoms with E-state index in [9.17, 15) is 4.79 Å². The number of amides is 1. The van der Waals surface area contributed by atoms with Crippen molar-refractivity contribution in [2.24, 2.45) is 0 Å². The molecule has 182 valence electrons. The van der Waals surface area contributed by atoms with E-state index in [-0.39, 0.29) is 11.7 Å². The van der Waals surface area contributed by atoms with Crippen LogP contribution in [0.3, 0.4) is 0 Å². The van der Waals surface area contributed by atoms with Gasteiger partial charge >= 0.3 is 0 Å². The molecule has 0 saturated carbocycles. The lowest BCUT2D eigenvalue weighted by atomic mass is 10.2. The van der Waals surface area contributed by atoms with Crippen molar-refractivity contribution < 1.29 is 4.79 Å². The summed E-state index contributed by atoms with van der Waals surface area (Å²) in [7, 11) is 0. The first-order valence-corrected chi connectivity index (χ1v) is 15.2. The minimum absolute atomic E-state index is 0.0714. The van der Waals surface area contributed by atoms with Gasteiger partial charge in [-0.1, -0.05) is 72.1 Å². The molecule has 0 bridgehead atoms. The van der Waals surface area contributed by atoms with Crippen LogP contribution < -0.4 is 5.32 Å². The molecule has 5 rings (SSSR count). The Morgan fingerprint density at radius 2 is 1.81 bits per heavy atom. The van der Waals surface area contributed by atoms with E-state index >= 15 is 0 Å². The van der Waals surface area contributed by atoms with Crippen LogP contribution in [0.5, 0.6) is 0 Å². The third kappa shape index (κ3) is 6.31. The number of hydrogen-bond donors (Lipinski definition) is 1. The molecule has 0 fully saturated rings. The molecule has 0 aliphatic rings. The first-order valence-electron chi connectivity index (χ1n) is 11.2. The molecule has 1 N–H and O–H groups in total. The Morgan fingerprint density at radius 1 is 0.972 bits per heavy atom. The maximum absolute atomic E-state index is 12.7. The minimum Gasteiger partial charge on any atom is -0.325 e. The van der Waals surface area contributed by atoms with E-state index in [0.717, 1.165) is 37.0 Å². The topological polar surface area (TPSA) is 72.7 Å². The van der Waals surface area contributed by atoms with Crippen LogP contribution in [0.2, 0.25) is 0 Å². The van der Waals surface area contributed by atoms with Crippen molar-refractivity contribution in [2.75, 3.05) is 17.3 Å².